The molecule has 0 atom stereocenters. The van der Waals surface area contributed by atoms with Gasteiger partial charge in [-0.1, -0.05) is 11.6 Å². The van der Waals surface area contributed by atoms with Crippen molar-refractivity contribution in [1.82, 2.24) is 4.98 Å². The fraction of sp³-hybridized carbons (Fsp3) is 0. The molecule has 0 radical (unpaired) electrons. The fourth-order valence-electron chi connectivity index (χ4n) is 1.06. The van der Waals surface area contributed by atoms with E-state index in [0.717, 1.165) is 17.5 Å². The SMILES string of the molecule is N#Cc1csc2c(F)cnc(Cl)c12. The summed E-state index contributed by atoms with van der Waals surface area (Å²) >= 11 is 6.89. The standard InChI is InChI=1S/C8H2ClFN2S/c9-8-6-4(1-11)3-13-7(6)5(10)2-12-8/h2-3H. The largest absolute Gasteiger partial charge is 0.241 e. The second-order valence-electron chi connectivity index (χ2n) is 2.36. The smallest absolute Gasteiger partial charge is 0.159 e. The van der Waals surface area contributed by atoms with Crippen molar-refractivity contribution in [2.24, 2.45) is 0 Å². The van der Waals surface area contributed by atoms with E-state index in [1.165, 1.54) is 0 Å². The first-order valence-electron chi connectivity index (χ1n) is 3.35. The molecule has 0 aliphatic carbocycles. The highest BCUT2D eigenvalue weighted by atomic mass is 35.5. The van der Waals surface area contributed by atoms with E-state index >= 15 is 0 Å². The monoisotopic (exact) mass is 212 g/mol. The molecular formula is C8H2ClFN2S. The summed E-state index contributed by atoms with van der Waals surface area (Å²) in [6.45, 7) is 0. The summed E-state index contributed by atoms with van der Waals surface area (Å²) in [5.41, 5.74) is 0.372. The minimum atomic E-state index is -0.439. The Morgan fingerprint density at radius 2 is 2.38 bits per heavy atom. The minimum Gasteiger partial charge on any atom is -0.241 e. The van der Waals surface area contributed by atoms with Crippen LogP contribution in [0.15, 0.2) is 11.6 Å². The molecule has 5 heteroatoms. The highest BCUT2D eigenvalue weighted by molar-refractivity contribution is 7.17. The van der Waals surface area contributed by atoms with E-state index in [4.69, 9.17) is 16.9 Å². The molecule has 2 aromatic heterocycles. The minimum absolute atomic E-state index is 0.175. The fourth-order valence-corrected chi connectivity index (χ4v) is 2.25. The molecule has 64 valence electrons. The van der Waals surface area contributed by atoms with Crippen LogP contribution in [-0.4, -0.2) is 4.98 Å². The highest BCUT2D eigenvalue weighted by Gasteiger charge is 2.12. The van der Waals surface area contributed by atoms with Crippen LogP contribution in [0.3, 0.4) is 0 Å². The maximum Gasteiger partial charge on any atom is 0.159 e. The normalized spacial score (nSPS) is 10.2. The van der Waals surface area contributed by atoms with Crippen molar-refractivity contribution < 1.29 is 4.39 Å². The van der Waals surface area contributed by atoms with Crippen molar-refractivity contribution in [3.8, 4) is 6.07 Å². The average molecular weight is 213 g/mol. The molecule has 2 heterocycles. The van der Waals surface area contributed by atoms with Crippen LogP contribution in [0.25, 0.3) is 10.1 Å². The lowest BCUT2D eigenvalue weighted by molar-refractivity contribution is 0.636. The molecule has 0 bridgehead atoms. The van der Waals surface area contributed by atoms with Gasteiger partial charge in [-0.05, 0) is 0 Å². The molecule has 0 spiro atoms. The second-order valence-corrected chi connectivity index (χ2v) is 3.60. The quantitative estimate of drug-likeness (QED) is 0.630. The predicted molar refractivity (Wildman–Crippen MR) is 49.3 cm³/mol. The topological polar surface area (TPSA) is 36.7 Å². The maximum absolute atomic E-state index is 13.1. The zero-order chi connectivity index (χ0) is 9.42. The van der Waals surface area contributed by atoms with Crippen LogP contribution < -0.4 is 0 Å². The van der Waals surface area contributed by atoms with Gasteiger partial charge in [0.2, 0.25) is 0 Å². The zero-order valence-corrected chi connectivity index (χ0v) is 7.79. The van der Waals surface area contributed by atoms with Gasteiger partial charge < -0.3 is 0 Å². The summed E-state index contributed by atoms with van der Waals surface area (Å²) in [6, 6.07) is 1.94. The summed E-state index contributed by atoms with van der Waals surface area (Å²) in [7, 11) is 0. The van der Waals surface area contributed by atoms with Gasteiger partial charge in [-0.3, -0.25) is 0 Å². The van der Waals surface area contributed by atoms with Crippen LogP contribution in [0.1, 0.15) is 5.56 Å². The molecular weight excluding hydrogens is 211 g/mol. The molecule has 0 unspecified atom stereocenters. The molecule has 0 saturated heterocycles. The lowest BCUT2D eigenvalue weighted by atomic mass is 10.2. The first-order chi connectivity index (χ1) is 6.24. The van der Waals surface area contributed by atoms with Crippen molar-refractivity contribution in [2.75, 3.05) is 0 Å². The molecule has 0 aliphatic heterocycles. The third kappa shape index (κ3) is 1.17. The Kier molecular flexibility index (Phi) is 1.91. The van der Waals surface area contributed by atoms with E-state index in [0.29, 0.717) is 15.6 Å². The van der Waals surface area contributed by atoms with Crippen molar-refractivity contribution in [3.63, 3.8) is 0 Å². The van der Waals surface area contributed by atoms with Crippen LogP contribution in [0.2, 0.25) is 5.15 Å². The first kappa shape index (κ1) is 8.42. The van der Waals surface area contributed by atoms with E-state index in [-0.39, 0.29) is 5.15 Å². The van der Waals surface area contributed by atoms with Crippen molar-refractivity contribution in [3.05, 3.63) is 28.1 Å². The predicted octanol–water partition coefficient (Wildman–Crippen LogP) is 2.96. The third-order valence-corrected chi connectivity index (χ3v) is 2.90. The molecule has 0 saturated carbocycles. The summed E-state index contributed by atoms with van der Waals surface area (Å²) in [6.07, 6.45) is 1.06. The van der Waals surface area contributed by atoms with Gasteiger partial charge in [0.05, 0.1) is 21.8 Å². The Morgan fingerprint density at radius 3 is 3.08 bits per heavy atom. The Bertz CT molecular complexity index is 515. The Morgan fingerprint density at radius 1 is 1.62 bits per heavy atom. The van der Waals surface area contributed by atoms with Crippen LogP contribution in [0, 0.1) is 17.1 Å². The number of thiophene rings is 1. The van der Waals surface area contributed by atoms with Crippen LogP contribution in [0.4, 0.5) is 4.39 Å². The summed E-state index contributed by atoms with van der Waals surface area (Å²) in [5.74, 6) is -0.439. The Balaban J connectivity index is 2.98. The van der Waals surface area contributed by atoms with E-state index in [1.807, 2.05) is 6.07 Å². The maximum atomic E-state index is 13.1. The number of hydrogen-bond acceptors (Lipinski definition) is 3. The lowest BCUT2D eigenvalue weighted by Crippen LogP contribution is -1.81. The van der Waals surface area contributed by atoms with Gasteiger partial charge in [0.1, 0.15) is 11.2 Å². The average Bonchev–Trinajstić information content (AvgIpc) is 2.56. The van der Waals surface area contributed by atoms with Gasteiger partial charge in [0, 0.05) is 5.38 Å². The number of hydrogen-bond donors (Lipinski definition) is 0. The van der Waals surface area contributed by atoms with E-state index < -0.39 is 5.82 Å². The lowest BCUT2D eigenvalue weighted by Gasteiger charge is -1.93. The zero-order valence-electron chi connectivity index (χ0n) is 6.21. The molecule has 2 nitrogen and oxygen atoms in total. The molecule has 2 aromatic rings. The second kappa shape index (κ2) is 2.95. The number of pyridine rings is 1. The number of nitrogens with zero attached hydrogens (tertiary/aromatic N) is 2. The molecule has 2 rings (SSSR count). The number of nitriles is 1. The first-order valence-corrected chi connectivity index (χ1v) is 4.61. The molecule has 0 aromatic carbocycles. The van der Waals surface area contributed by atoms with Gasteiger partial charge >= 0.3 is 0 Å². The highest BCUT2D eigenvalue weighted by Crippen LogP contribution is 2.31. The number of aromatic nitrogens is 1. The van der Waals surface area contributed by atoms with Gasteiger partial charge in [0.25, 0.3) is 0 Å². The van der Waals surface area contributed by atoms with E-state index in [2.05, 4.69) is 4.98 Å². The van der Waals surface area contributed by atoms with Gasteiger partial charge in [-0.15, -0.1) is 11.3 Å². The molecule has 13 heavy (non-hydrogen) atoms. The third-order valence-electron chi connectivity index (χ3n) is 1.63. The summed E-state index contributed by atoms with van der Waals surface area (Å²) < 4.78 is 13.5. The van der Waals surface area contributed by atoms with Gasteiger partial charge in [-0.25, -0.2) is 9.37 Å². The van der Waals surface area contributed by atoms with E-state index in [1.54, 1.807) is 5.38 Å². The number of rotatable bonds is 0. The van der Waals surface area contributed by atoms with Crippen molar-refractivity contribution in [1.29, 1.82) is 5.26 Å². The molecule has 0 amide bonds. The molecule has 0 N–H and O–H groups in total. The van der Waals surface area contributed by atoms with Crippen molar-refractivity contribution in [2.45, 2.75) is 0 Å². The van der Waals surface area contributed by atoms with Crippen LogP contribution in [0.5, 0.6) is 0 Å². The number of fused-ring (bicyclic) bond motifs is 1. The van der Waals surface area contributed by atoms with Crippen LogP contribution in [-0.2, 0) is 0 Å². The molecule has 0 fully saturated rings. The summed E-state index contributed by atoms with van der Waals surface area (Å²) in [4.78, 5) is 3.63. The van der Waals surface area contributed by atoms with E-state index in [9.17, 15) is 4.39 Å². The van der Waals surface area contributed by atoms with Crippen LogP contribution >= 0.6 is 22.9 Å². The molecule has 0 aliphatic rings. The summed E-state index contributed by atoms with van der Waals surface area (Å²) in [5, 5.41) is 10.8. The van der Waals surface area contributed by atoms with Gasteiger partial charge in [-0.2, -0.15) is 5.26 Å². The van der Waals surface area contributed by atoms with Crippen molar-refractivity contribution >= 4 is 33.0 Å². The Labute approximate surface area is 82.2 Å². The number of halogens is 2. The van der Waals surface area contributed by atoms with Gasteiger partial charge in [0.15, 0.2) is 5.82 Å². The Hall–Kier alpha value is -1.18.